The highest BCUT2D eigenvalue weighted by Crippen LogP contribution is 2.20. The minimum atomic E-state index is 0.367. The van der Waals surface area contributed by atoms with Crippen molar-refractivity contribution in [1.82, 2.24) is 9.97 Å². The average Bonchev–Trinajstić information content (AvgIpc) is 2.82. The Labute approximate surface area is 128 Å². The van der Waals surface area contributed by atoms with Gasteiger partial charge in [-0.2, -0.15) is 0 Å². The van der Waals surface area contributed by atoms with E-state index in [1.807, 2.05) is 26.1 Å². The van der Waals surface area contributed by atoms with Gasteiger partial charge in [0.15, 0.2) is 0 Å². The van der Waals surface area contributed by atoms with E-state index in [0.29, 0.717) is 11.5 Å². The lowest BCUT2D eigenvalue weighted by Gasteiger charge is -2.13. The molecule has 0 aromatic carbocycles. The highest BCUT2D eigenvalue weighted by molar-refractivity contribution is 7.80. The van der Waals surface area contributed by atoms with E-state index in [9.17, 15) is 0 Å². The molecule has 2 rings (SSSR count). The second kappa shape index (κ2) is 6.28. The van der Waals surface area contributed by atoms with Crippen molar-refractivity contribution in [2.45, 2.75) is 33.7 Å². The van der Waals surface area contributed by atoms with Crippen molar-refractivity contribution < 1.29 is 0 Å². The van der Waals surface area contributed by atoms with Gasteiger partial charge in [0.2, 0.25) is 0 Å². The van der Waals surface area contributed by atoms with Crippen molar-refractivity contribution in [3.05, 3.63) is 39.0 Å². The molecule has 2 aromatic heterocycles. The van der Waals surface area contributed by atoms with Crippen LogP contribution >= 0.6 is 23.6 Å². The van der Waals surface area contributed by atoms with E-state index in [0.717, 1.165) is 34.1 Å². The van der Waals surface area contributed by atoms with E-state index in [4.69, 9.17) is 18.0 Å². The standard InChI is InChI=1S/C14H18N4S2/c1-4-10-6-16-11(20-10)7-17-14-12(13(15)19)8(2)5-9(3)18-14/h5-6H,4,7H2,1-3H3,(H2,15,19)(H,17,18). The number of aromatic nitrogens is 2. The molecule has 0 spiro atoms. The van der Waals surface area contributed by atoms with Crippen molar-refractivity contribution in [3.63, 3.8) is 0 Å². The molecule has 3 N–H and O–H groups in total. The zero-order valence-corrected chi connectivity index (χ0v) is 13.5. The Kier molecular flexibility index (Phi) is 4.67. The number of hydrogen-bond donors (Lipinski definition) is 2. The van der Waals surface area contributed by atoms with Gasteiger partial charge in [0, 0.05) is 16.8 Å². The topological polar surface area (TPSA) is 63.8 Å². The van der Waals surface area contributed by atoms with Crippen molar-refractivity contribution in [1.29, 1.82) is 0 Å². The maximum Gasteiger partial charge on any atom is 0.137 e. The van der Waals surface area contributed by atoms with E-state index in [2.05, 4.69) is 22.2 Å². The van der Waals surface area contributed by atoms with Gasteiger partial charge in [0.1, 0.15) is 15.8 Å². The molecular weight excluding hydrogens is 288 g/mol. The van der Waals surface area contributed by atoms with Gasteiger partial charge < -0.3 is 11.1 Å². The van der Waals surface area contributed by atoms with Crippen LogP contribution in [0, 0.1) is 13.8 Å². The lowest BCUT2D eigenvalue weighted by Crippen LogP contribution is -2.16. The SMILES string of the molecule is CCc1cnc(CNc2nc(C)cc(C)c2C(N)=S)s1. The summed E-state index contributed by atoms with van der Waals surface area (Å²) in [5, 5.41) is 4.34. The van der Waals surface area contributed by atoms with Gasteiger partial charge in [-0.05, 0) is 31.9 Å². The first-order valence-corrected chi connectivity index (χ1v) is 7.69. The fraction of sp³-hybridized carbons (Fsp3) is 0.357. The molecule has 0 aliphatic heterocycles. The number of thiocarbonyl (C=S) groups is 1. The van der Waals surface area contributed by atoms with Gasteiger partial charge in [0.05, 0.1) is 12.1 Å². The Bertz CT molecular complexity index is 634. The maximum absolute atomic E-state index is 5.80. The quantitative estimate of drug-likeness (QED) is 0.832. The highest BCUT2D eigenvalue weighted by atomic mass is 32.1. The Morgan fingerprint density at radius 1 is 1.45 bits per heavy atom. The molecule has 0 atom stereocenters. The van der Waals surface area contributed by atoms with Crippen LogP contribution in [0.5, 0.6) is 0 Å². The summed E-state index contributed by atoms with van der Waals surface area (Å²) < 4.78 is 0. The molecule has 6 heteroatoms. The number of aryl methyl sites for hydroxylation is 3. The summed E-state index contributed by atoms with van der Waals surface area (Å²) in [6.45, 7) is 6.71. The first-order chi connectivity index (χ1) is 9.51. The van der Waals surface area contributed by atoms with Crippen molar-refractivity contribution in [2.75, 3.05) is 5.32 Å². The van der Waals surface area contributed by atoms with Crippen molar-refractivity contribution in [3.8, 4) is 0 Å². The molecule has 0 bridgehead atoms. The van der Waals surface area contributed by atoms with E-state index >= 15 is 0 Å². The number of anilines is 1. The number of hydrogen-bond acceptors (Lipinski definition) is 5. The minimum Gasteiger partial charge on any atom is -0.389 e. The number of nitrogens with two attached hydrogens (primary N) is 1. The number of pyridine rings is 1. The van der Waals surface area contributed by atoms with E-state index in [1.165, 1.54) is 4.88 Å². The smallest absolute Gasteiger partial charge is 0.137 e. The fourth-order valence-corrected chi connectivity index (χ4v) is 3.09. The van der Waals surface area contributed by atoms with Crippen LogP contribution in [0.1, 0.15) is 33.6 Å². The van der Waals surface area contributed by atoms with Crippen LogP contribution in [-0.4, -0.2) is 15.0 Å². The van der Waals surface area contributed by atoms with Crippen LogP contribution in [0.2, 0.25) is 0 Å². The highest BCUT2D eigenvalue weighted by Gasteiger charge is 2.12. The van der Waals surface area contributed by atoms with Crippen LogP contribution in [0.3, 0.4) is 0 Å². The molecule has 106 valence electrons. The number of rotatable bonds is 5. The summed E-state index contributed by atoms with van der Waals surface area (Å²) in [6, 6.07) is 1.98. The molecule has 0 radical (unpaired) electrons. The molecule has 0 aliphatic carbocycles. The fourth-order valence-electron chi connectivity index (χ4n) is 2.03. The van der Waals surface area contributed by atoms with E-state index < -0.39 is 0 Å². The third kappa shape index (κ3) is 3.32. The van der Waals surface area contributed by atoms with Crippen LogP contribution in [-0.2, 0) is 13.0 Å². The van der Waals surface area contributed by atoms with Crippen LogP contribution in [0.15, 0.2) is 12.3 Å². The Hall–Kier alpha value is -1.53. The monoisotopic (exact) mass is 306 g/mol. The molecular formula is C14H18N4S2. The summed E-state index contributed by atoms with van der Waals surface area (Å²) >= 11 is 6.83. The summed E-state index contributed by atoms with van der Waals surface area (Å²) in [6.07, 6.45) is 2.93. The van der Waals surface area contributed by atoms with Gasteiger partial charge in [0.25, 0.3) is 0 Å². The zero-order valence-electron chi connectivity index (χ0n) is 11.9. The van der Waals surface area contributed by atoms with Crippen molar-refractivity contribution >= 4 is 34.4 Å². The molecule has 0 aliphatic rings. The Morgan fingerprint density at radius 2 is 2.20 bits per heavy atom. The van der Waals surface area contributed by atoms with E-state index in [-0.39, 0.29) is 0 Å². The van der Waals surface area contributed by atoms with Crippen LogP contribution < -0.4 is 11.1 Å². The third-order valence-corrected chi connectivity index (χ3v) is 4.29. The van der Waals surface area contributed by atoms with Crippen molar-refractivity contribution in [2.24, 2.45) is 5.73 Å². The molecule has 2 heterocycles. The van der Waals surface area contributed by atoms with Crippen LogP contribution in [0.4, 0.5) is 5.82 Å². The molecule has 0 fully saturated rings. The Morgan fingerprint density at radius 3 is 2.80 bits per heavy atom. The molecule has 0 unspecified atom stereocenters. The van der Waals surface area contributed by atoms with Crippen LogP contribution in [0.25, 0.3) is 0 Å². The molecule has 2 aromatic rings. The zero-order chi connectivity index (χ0) is 14.7. The first-order valence-electron chi connectivity index (χ1n) is 6.46. The van der Waals surface area contributed by atoms with Gasteiger partial charge in [-0.15, -0.1) is 11.3 Å². The van der Waals surface area contributed by atoms with E-state index in [1.54, 1.807) is 11.3 Å². The summed E-state index contributed by atoms with van der Waals surface area (Å²) in [7, 11) is 0. The molecule has 4 nitrogen and oxygen atoms in total. The summed E-state index contributed by atoms with van der Waals surface area (Å²) in [4.78, 5) is 10.5. The van der Waals surface area contributed by atoms with Gasteiger partial charge in [-0.25, -0.2) is 9.97 Å². The molecule has 0 saturated carbocycles. The lowest BCUT2D eigenvalue weighted by atomic mass is 10.1. The Balaban J connectivity index is 2.22. The van der Waals surface area contributed by atoms with Gasteiger partial charge in [-0.3, -0.25) is 0 Å². The van der Waals surface area contributed by atoms with Gasteiger partial charge >= 0.3 is 0 Å². The van der Waals surface area contributed by atoms with Gasteiger partial charge in [-0.1, -0.05) is 19.1 Å². The predicted octanol–water partition coefficient (Wildman–Crippen LogP) is 2.96. The second-order valence-electron chi connectivity index (χ2n) is 4.60. The molecule has 0 amide bonds. The average molecular weight is 306 g/mol. The largest absolute Gasteiger partial charge is 0.389 e. The predicted molar refractivity (Wildman–Crippen MR) is 88.4 cm³/mol. The number of nitrogens with zero attached hydrogens (tertiary/aromatic N) is 2. The second-order valence-corrected chi connectivity index (χ2v) is 6.24. The number of thiazole rings is 1. The first kappa shape index (κ1) is 14.9. The normalized spacial score (nSPS) is 10.6. The lowest BCUT2D eigenvalue weighted by molar-refractivity contribution is 1.05. The third-order valence-electron chi connectivity index (χ3n) is 2.95. The maximum atomic E-state index is 5.80. The molecule has 0 saturated heterocycles. The summed E-state index contributed by atoms with van der Waals surface area (Å²) in [5.41, 5.74) is 8.60. The number of nitrogens with one attached hydrogen (secondary N) is 1. The summed E-state index contributed by atoms with van der Waals surface area (Å²) in [5.74, 6) is 0.739. The molecule has 20 heavy (non-hydrogen) atoms. The minimum absolute atomic E-state index is 0.367.